The summed E-state index contributed by atoms with van der Waals surface area (Å²) in [6.45, 7) is 46.5. The Bertz CT molecular complexity index is 8460. The van der Waals surface area contributed by atoms with Crippen LogP contribution < -0.4 is 19.9 Å². The van der Waals surface area contributed by atoms with Crippen molar-refractivity contribution in [2.24, 2.45) is 0 Å². The molecule has 4 aliphatic rings. The van der Waals surface area contributed by atoms with Crippen LogP contribution in [0, 0.1) is 0 Å². The van der Waals surface area contributed by atoms with Crippen LogP contribution in [-0.4, -0.2) is 8.07 Å². The maximum absolute atomic E-state index is 7.22. The molecule has 700 valence electrons. The van der Waals surface area contributed by atoms with Gasteiger partial charge in [0.05, 0.1) is 30.5 Å². The zero-order valence-corrected chi connectivity index (χ0v) is 86.4. The second-order valence-electron chi connectivity index (χ2n) is 45.9. The molecule has 0 saturated carbocycles. The number of benzene rings is 18. The Morgan fingerprint density at radius 1 is 0.218 bits per heavy atom. The molecular weight excluding hydrogens is 1740 g/mol. The number of hydrogen-bond donors (Lipinski definition) is 0. The first kappa shape index (κ1) is 90.8. The van der Waals surface area contributed by atoms with E-state index in [1.54, 1.807) is 0 Å². The third kappa shape index (κ3) is 14.8. The lowest BCUT2D eigenvalue weighted by molar-refractivity contribution is 0.590. The zero-order valence-electron chi connectivity index (χ0n) is 85.4. The van der Waals surface area contributed by atoms with Crippen molar-refractivity contribution in [1.29, 1.82) is 0 Å². The monoisotopic (exact) mass is 1860 g/mol. The van der Waals surface area contributed by atoms with E-state index in [4.69, 9.17) is 13.3 Å². The molecule has 0 spiro atoms. The summed E-state index contributed by atoms with van der Waals surface area (Å²) in [6.07, 6.45) is 0. The number of fused-ring (bicyclic) bond motifs is 24. The van der Waals surface area contributed by atoms with Crippen LogP contribution in [0.25, 0.3) is 133 Å². The van der Waals surface area contributed by atoms with Crippen LogP contribution in [0.5, 0.6) is 0 Å². The Morgan fingerprint density at radius 2 is 0.570 bits per heavy atom. The van der Waals surface area contributed by atoms with Crippen LogP contribution in [0.3, 0.4) is 0 Å². The maximum Gasteiger partial charge on any atom is 0.160 e. The fourth-order valence-corrected chi connectivity index (χ4v) is 24.7. The lowest BCUT2D eigenvalue weighted by Crippen LogP contribution is -2.37. The molecule has 0 fully saturated rings. The van der Waals surface area contributed by atoms with Crippen molar-refractivity contribution in [2.75, 3.05) is 14.7 Å². The molecule has 3 heterocycles. The average molecular weight is 1860 g/mol. The molecule has 3 aromatic heterocycles. The Morgan fingerprint density at radius 3 is 1.06 bits per heavy atom. The number of nitrogens with zero attached hydrogens (tertiary/aromatic N) is 3. The zero-order chi connectivity index (χ0) is 98.4. The SMILES string of the molecule is CC(C)(C)c1ccc(N(c2ccc(C(C)(C)C)cc2)c2cc3c(c4c2oc2cc(-c5ccccc5)ccc24)-c2ccccc2C3(C)C)cc1.CC(C)(C)c1ccc(N(c2ccc([Si](C)(C)C)cc2)c2cc3c(c4c2oc2ccccc24)-c2ccccc2C3(C)C)cc1.CC1(C)c2ccccc2-c2ccc(N(c3ccccc3)c3cc4c(c5oc6c(-c7ccccc7)cccc6c35)-c3ccccc3C4(C)C)cc21. The first-order valence-corrected chi connectivity index (χ1v) is 54.1. The molecule has 0 bridgehead atoms. The standard InChI is InChI=1S/C48H37NO.C47H45NO.C40H41NOSi/c1-47(2)38-24-13-11-20-34(38)35-27-26-32(28-40(35)47)49(31-18-9-6-10-19-31)42-29-41-43(36-21-12-14-25-39(36)48(41,3)4)46-44(42)37-23-15-22-33(45(37)50-46)30-16-7-5-8-17-30;1-45(2,3)32-19-23-34(24-20-32)48(35-25-21-33(22-26-35)46(4,5)6)40-29-39-42(36-16-12-13-17-38(36)47(39,7)8)43-37-27-18-31(28-41(37)49-44(40)43)30-14-10-9-11-15-30;1-39(2,3)26-17-19-27(20-18-26)41(28-21-23-29(24-22-28)43(6,7)8)34-25-33-36(30-13-9-11-15-32(30)40(33,4)5)37-31-14-10-12-16-35(31)42-38(34)37/h5-29H,1-4H3;9-29H,1-8H3;9-25H,1-8H3. The molecule has 25 rings (SSSR count). The summed E-state index contributed by atoms with van der Waals surface area (Å²) in [6, 6.07) is 140. The van der Waals surface area contributed by atoms with Crippen molar-refractivity contribution < 1.29 is 13.3 Å². The quantitative estimate of drug-likeness (QED) is 0.114. The van der Waals surface area contributed by atoms with Gasteiger partial charge in [-0.3, -0.25) is 0 Å². The summed E-state index contributed by atoms with van der Waals surface area (Å²) in [4.78, 5) is 7.27. The molecule has 0 unspecified atom stereocenters. The van der Waals surface area contributed by atoms with Gasteiger partial charge in [0.15, 0.2) is 11.2 Å². The fourth-order valence-electron chi connectivity index (χ4n) is 23.5. The van der Waals surface area contributed by atoms with Gasteiger partial charge in [-0.1, -0.05) is 416 Å². The maximum atomic E-state index is 7.22. The van der Waals surface area contributed by atoms with Crippen LogP contribution in [0.15, 0.2) is 395 Å². The average Bonchev–Trinajstić information content (AvgIpc) is 1.54. The molecule has 0 amide bonds. The van der Waals surface area contributed by atoms with Gasteiger partial charge in [0.2, 0.25) is 0 Å². The number of rotatable bonds is 12. The van der Waals surface area contributed by atoms with E-state index in [0.717, 1.165) is 118 Å². The molecule has 0 saturated heterocycles. The van der Waals surface area contributed by atoms with Gasteiger partial charge >= 0.3 is 0 Å². The van der Waals surface area contributed by atoms with E-state index in [1.165, 1.54) is 133 Å². The van der Waals surface area contributed by atoms with E-state index >= 15 is 0 Å². The molecule has 0 aliphatic heterocycles. The van der Waals surface area contributed by atoms with Crippen LogP contribution in [0.4, 0.5) is 51.2 Å². The normalized spacial score (nSPS) is 14.3. The van der Waals surface area contributed by atoms with Gasteiger partial charge < -0.3 is 28.0 Å². The minimum atomic E-state index is -1.45. The summed E-state index contributed by atoms with van der Waals surface area (Å²) in [7, 11) is -1.45. The van der Waals surface area contributed by atoms with Crippen molar-refractivity contribution in [2.45, 2.75) is 175 Å². The Kier molecular flexibility index (Phi) is 21.3. The van der Waals surface area contributed by atoms with E-state index < -0.39 is 8.07 Å². The summed E-state index contributed by atoms with van der Waals surface area (Å²) >= 11 is 0. The minimum Gasteiger partial charge on any atom is -0.455 e. The molecule has 142 heavy (non-hydrogen) atoms. The van der Waals surface area contributed by atoms with Crippen molar-refractivity contribution >= 4 is 130 Å². The Hall–Kier alpha value is -15.0. The Labute approximate surface area is 837 Å². The summed E-state index contributed by atoms with van der Waals surface area (Å²) in [5.41, 5.74) is 44.7. The molecule has 4 aliphatic carbocycles. The molecule has 6 nitrogen and oxygen atoms in total. The van der Waals surface area contributed by atoms with E-state index in [2.05, 4.69) is 534 Å². The molecule has 18 aromatic carbocycles. The summed E-state index contributed by atoms with van der Waals surface area (Å²) < 4.78 is 21.1. The first-order chi connectivity index (χ1) is 68.0. The highest BCUT2D eigenvalue weighted by Crippen LogP contribution is 2.63. The number of hydrogen-bond acceptors (Lipinski definition) is 6. The highest BCUT2D eigenvalue weighted by Gasteiger charge is 2.45. The van der Waals surface area contributed by atoms with Crippen LogP contribution >= 0.6 is 0 Å². The largest absolute Gasteiger partial charge is 0.455 e. The van der Waals surface area contributed by atoms with Crippen LogP contribution in [0.2, 0.25) is 19.6 Å². The lowest BCUT2D eigenvalue weighted by atomic mass is 9.81. The topological polar surface area (TPSA) is 49.1 Å². The minimum absolute atomic E-state index is 0.0591. The number of furan rings is 3. The fraction of sp³-hybridized carbons (Fsp3) is 0.200. The molecule has 0 atom stereocenters. The smallest absolute Gasteiger partial charge is 0.160 e. The van der Waals surface area contributed by atoms with Crippen LogP contribution in [-0.2, 0) is 37.9 Å². The van der Waals surface area contributed by atoms with Crippen LogP contribution in [0.1, 0.15) is 179 Å². The van der Waals surface area contributed by atoms with Gasteiger partial charge in [-0.25, -0.2) is 0 Å². The summed E-state index contributed by atoms with van der Waals surface area (Å²) in [5, 5.41) is 8.41. The second-order valence-corrected chi connectivity index (χ2v) is 51.0. The number of anilines is 9. The predicted molar refractivity (Wildman–Crippen MR) is 605 cm³/mol. The van der Waals surface area contributed by atoms with Gasteiger partial charge in [0.1, 0.15) is 22.3 Å². The van der Waals surface area contributed by atoms with Gasteiger partial charge in [0.25, 0.3) is 0 Å². The third-order valence-electron chi connectivity index (χ3n) is 31.5. The van der Waals surface area contributed by atoms with E-state index in [9.17, 15) is 0 Å². The first-order valence-electron chi connectivity index (χ1n) is 50.6. The molecular formula is C135H123N3O3Si. The van der Waals surface area contributed by atoms with Gasteiger partial charge in [-0.15, -0.1) is 0 Å². The summed E-state index contributed by atoms with van der Waals surface area (Å²) in [5.74, 6) is 0. The lowest BCUT2D eigenvalue weighted by Gasteiger charge is -2.30. The molecule has 0 N–H and O–H groups in total. The van der Waals surface area contributed by atoms with Gasteiger partial charge in [-0.2, -0.15) is 0 Å². The van der Waals surface area contributed by atoms with E-state index in [1.807, 2.05) is 0 Å². The second kappa shape index (κ2) is 33.3. The van der Waals surface area contributed by atoms with Gasteiger partial charge in [-0.05, 0) is 242 Å². The van der Waals surface area contributed by atoms with Gasteiger partial charge in [0, 0.05) is 93.8 Å². The Balaban J connectivity index is 0.000000119. The molecule has 7 heteroatoms. The highest BCUT2D eigenvalue weighted by molar-refractivity contribution is 6.88. The van der Waals surface area contributed by atoms with Crippen molar-refractivity contribution in [3.8, 4) is 66.8 Å². The molecule has 0 radical (unpaired) electrons. The van der Waals surface area contributed by atoms with Crippen molar-refractivity contribution in [3.63, 3.8) is 0 Å². The number of para-hydroxylation sites is 3. The van der Waals surface area contributed by atoms with E-state index in [-0.39, 0.29) is 37.9 Å². The third-order valence-corrected chi connectivity index (χ3v) is 33.5. The molecule has 21 aromatic rings. The van der Waals surface area contributed by atoms with E-state index in [0.29, 0.717) is 0 Å². The van der Waals surface area contributed by atoms with Crippen molar-refractivity contribution in [1.82, 2.24) is 0 Å². The highest BCUT2D eigenvalue weighted by atomic mass is 28.3. The van der Waals surface area contributed by atoms with Crippen molar-refractivity contribution in [3.05, 3.63) is 443 Å². The predicted octanol–water partition coefficient (Wildman–Crippen LogP) is 38.2.